The maximum atomic E-state index is 12.3. The minimum absolute atomic E-state index is 0.314. The summed E-state index contributed by atoms with van der Waals surface area (Å²) < 4.78 is 0. The largest absolute Gasteiger partial charge is 0.385 e. The summed E-state index contributed by atoms with van der Waals surface area (Å²) in [6, 6.07) is 8.63. The Hall–Kier alpha value is -1.78. The normalized spacial score (nSPS) is 10.7. The highest BCUT2D eigenvalue weighted by molar-refractivity contribution is 6.44. The van der Waals surface area contributed by atoms with Gasteiger partial charge in [-0.15, -0.1) is 0 Å². The summed E-state index contributed by atoms with van der Waals surface area (Å²) in [5.41, 5.74) is 1.64. The molecule has 0 aliphatic heterocycles. The van der Waals surface area contributed by atoms with Gasteiger partial charge in [0.15, 0.2) is 0 Å². The zero-order valence-corrected chi connectivity index (χ0v) is 14.6. The Labute approximate surface area is 146 Å². The fourth-order valence-electron chi connectivity index (χ4n) is 1.96. The van der Waals surface area contributed by atoms with Crippen molar-refractivity contribution in [2.24, 2.45) is 5.92 Å². The first-order chi connectivity index (χ1) is 11.0. The van der Waals surface area contributed by atoms with Crippen molar-refractivity contribution in [3.8, 4) is 0 Å². The number of benzene rings is 1. The average molecular weight is 352 g/mol. The van der Waals surface area contributed by atoms with Gasteiger partial charge in [0.1, 0.15) is 5.69 Å². The molecule has 2 aromatic rings. The Morgan fingerprint density at radius 2 is 2.04 bits per heavy atom. The first-order valence-electron chi connectivity index (χ1n) is 7.42. The molecule has 0 aliphatic carbocycles. The third kappa shape index (κ3) is 5.12. The van der Waals surface area contributed by atoms with Gasteiger partial charge in [0, 0.05) is 18.4 Å². The highest BCUT2D eigenvalue weighted by Crippen LogP contribution is 2.29. The molecular formula is C17H19Cl2N3O. The van der Waals surface area contributed by atoms with Gasteiger partial charge in [0.2, 0.25) is 0 Å². The fourth-order valence-corrected chi connectivity index (χ4v) is 2.30. The van der Waals surface area contributed by atoms with E-state index in [-0.39, 0.29) is 5.91 Å². The quantitative estimate of drug-likeness (QED) is 0.761. The molecule has 0 radical (unpaired) electrons. The molecule has 0 aliphatic rings. The number of carbonyl (C=O) groups excluding carboxylic acids is 1. The Balaban J connectivity index is 2.06. The van der Waals surface area contributed by atoms with Crippen LogP contribution in [0.25, 0.3) is 0 Å². The number of amides is 1. The third-order valence-electron chi connectivity index (χ3n) is 3.24. The van der Waals surface area contributed by atoms with E-state index in [0.717, 1.165) is 18.7 Å². The van der Waals surface area contributed by atoms with Gasteiger partial charge in [0.05, 0.1) is 15.7 Å². The lowest BCUT2D eigenvalue weighted by Gasteiger charge is -2.10. The van der Waals surface area contributed by atoms with Crippen molar-refractivity contribution in [3.05, 3.63) is 52.3 Å². The second-order valence-electron chi connectivity index (χ2n) is 5.59. The molecular weight excluding hydrogens is 333 g/mol. The molecule has 0 bridgehead atoms. The number of nitrogens with one attached hydrogen (secondary N) is 2. The van der Waals surface area contributed by atoms with Crippen molar-refractivity contribution in [1.82, 2.24) is 4.98 Å². The number of carbonyl (C=O) groups is 1. The lowest BCUT2D eigenvalue weighted by Crippen LogP contribution is -2.14. The number of halogens is 2. The Bertz CT molecular complexity index is 689. The maximum absolute atomic E-state index is 12.3. The summed E-state index contributed by atoms with van der Waals surface area (Å²) in [5.74, 6) is 0.291. The van der Waals surface area contributed by atoms with E-state index >= 15 is 0 Å². The van der Waals surface area contributed by atoms with Gasteiger partial charge >= 0.3 is 0 Å². The molecule has 2 N–H and O–H groups in total. The number of aromatic nitrogens is 1. The van der Waals surface area contributed by atoms with E-state index in [1.165, 1.54) is 0 Å². The van der Waals surface area contributed by atoms with E-state index in [1.807, 2.05) is 6.07 Å². The molecule has 1 amide bonds. The van der Waals surface area contributed by atoms with E-state index in [1.54, 1.807) is 30.5 Å². The number of rotatable bonds is 6. The number of hydrogen-bond acceptors (Lipinski definition) is 3. The minimum Gasteiger partial charge on any atom is -0.385 e. The van der Waals surface area contributed by atoms with Crippen molar-refractivity contribution in [3.63, 3.8) is 0 Å². The summed E-state index contributed by atoms with van der Waals surface area (Å²) in [6.45, 7) is 5.19. The zero-order chi connectivity index (χ0) is 16.8. The standard InChI is InChI=1S/C17H19Cl2N3O/c1-11(2)6-8-20-12-7-9-21-15(10-12)17(23)22-14-5-3-4-13(18)16(14)19/h3-5,7,9-11H,6,8H2,1-2H3,(H,20,21)(H,22,23). The summed E-state index contributed by atoms with van der Waals surface area (Å²) >= 11 is 12.0. The molecule has 0 spiro atoms. The highest BCUT2D eigenvalue weighted by Gasteiger charge is 2.12. The highest BCUT2D eigenvalue weighted by atomic mass is 35.5. The van der Waals surface area contributed by atoms with Crippen molar-refractivity contribution < 1.29 is 4.79 Å². The predicted octanol–water partition coefficient (Wildman–Crippen LogP) is 5.10. The number of pyridine rings is 1. The summed E-state index contributed by atoms with van der Waals surface area (Å²) in [6.07, 6.45) is 2.66. The van der Waals surface area contributed by atoms with E-state index in [0.29, 0.717) is 27.3 Å². The van der Waals surface area contributed by atoms with Crippen LogP contribution < -0.4 is 10.6 Å². The van der Waals surface area contributed by atoms with Crippen LogP contribution in [0.1, 0.15) is 30.8 Å². The van der Waals surface area contributed by atoms with E-state index in [2.05, 4.69) is 29.5 Å². The SMILES string of the molecule is CC(C)CCNc1ccnc(C(=O)Nc2cccc(Cl)c2Cl)c1. The molecule has 6 heteroatoms. The topological polar surface area (TPSA) is 54.0 Å². The Morgan fingerprint density at radius 1 is 1.26 bits per heavy atom. The van der Waals surface area contributed by atoms with Gasteiger partial charge in [-0.2, -0.15) is 0 Å². The average Bonchev–Trinajstić information content (AvgIpc) is 2.52. The minimum atomic E-state index is -0.332. The van der Waals surface area contributed by atoms with Crippen LogP contribution in [0.2, 0.25) is 10.0 Å². The van der Waals surface area contributed by atoms with Crippen LogP contribution in [-0.2, 0) is 0 Å². The molecule has 4 nitrogen and oxygen atoms in total. The van der Waals surface area contributed by atoms with Crippen LogP contribution in [0.4, 0.5) is 11.4 Å². The third-order valence-corrected chi connectivity index (χ3v) is 4.06. The van der Waals surface area contributed by atoms with Crippen LogP contribution in [0, 0.1) is 5.92 Å². The van der Waals surface area contributed by atoms with E-state index < -0.39 is 0 Å². The molecule has 0 atom stereocenters. The second-order valence-corrected chi connectivity index (χ2v) is 6.38. The van der Waals surface area contributed by atoms with Crippen molar-refractivity contribution >= 4 is 40.5 Å². The first-order valence-corrected chi connectivity index (χ1v) is 8.18. The van der Waals surface area contributed by atoms with Gasteiger partial charge in [-0.05, 0) is 36.6 Å². The number of anilines is 2. The van der Waals surface area contributed by atoms with Crippen LogP contribution in [0.15, 0.2) is 36.5 Å². The van der Waals surface area contributed by atoms with Gasteiger partial charge < -0.3 is 10.6 Å². The Kier molecular flexibility index (Phi) is 6.25. The smallest absolute Gasteiger partial charge is 0.274 e. The van der Waals surface area contributed by atoms with Crippen LogP contribution in [0.5, 0.6) is 0 Å². The van der Waals surface area contributed by atoms with Crippen molar-refractivity contribution in [2.45, 2.75) is 20.3 Å². The fraction of sp³-hybridized carbons (Fsp3) is 0.294. The Morgan fingerprint density at radius 3 is 2.78 bits per heavy atom. The molecule has 0 saturated heterocycles. The molecule has 1 heterocycles. The van der Waals surface area contributed by atoms with Crippen LogP contribution in [0.3, 0.4) is 0 Å². The zero-order valence-electron chi connectivity index (χ0n) is 13.1. The van der Waals surface area contributed by atoms with Gasteiger partial charge in [0.25, 0.3) is 5.91 Å². The molecule has 0 fully saturated rings. The van der Waals surface area contributed by atoms with E-state index in [9.17, 15) is 4.79 Å². The monoisotopic (exact) mass is 351 g/mol. The summed E-state index contributed by atoms with van der Waals surface area (Å²) in [7, 11) is 0. The molecule has 23 heavy (non-hydrogen) atoms. The van der Waals surface area contributed by atoms with Gasteiger partial charge in [-0.1, -0.05) is 43.1 Å². The number of hydrogen-bond donors (Lipinski definition) is 2. The van der Waals surface area contributed by atoms with Gasteiger partial charge in [-0.25, -0.2) is 0 Å². The van der Waals surface area contributed by atoms with Crippen LogP contribution in [-0.4, -0.2) is 17.4 Å². The number of nitrogens with zero attached hydrogens (tertiary/aromatic N) is 1. The van der Waals surface area contributed by atoms with Crippen molar-refractivity contribution in [2.75, 3.05) is 17.2 Å². The van der Waals surface area contributed by atoms with Crippen LogP contribution >= 0.6 is 23.2 Å². The second kappa shape index (κ2) is 8.18. The lowest BCUT2D eigenvalue weighted by molar-refractivity contribution is 0.102. The molecule has 1 aromatic heterocycles. The summed E-state index contributed by atoms with van der Waals surface area (Å²) in [4.78, 5) is 16.4. The predicted molar refractivity (Wildman–Crippen MR) is 96.6 cm³/mol. The molecule has 0 unspecified atom stereocenters. The van der Waals surface area contributed by atoms with Crippen molar-refractivity contribution in [1.29, 1.82) is 0 Å². The molecule has 1 aromatic carbocycles. The lowest BCUT2D eigenvalue weighted by atomic mass is 10.1. The first kappa shape index (κ1) is 17.6. The molecule has 0 saturated carbocycles. The molecule has 122 valence electrons. The maximum Gasteiger partial charge on any atom is 0.274 e. The molecule has 2 rings (SSSR count). The summed E-state index contributed by atoms with van der Waals surface area (Å²) in [5, 5.41) is 6.72. The van der Waals surface area contributed by atoms with E-state index in [4.69, 9.17) is 23.2 Å². The van der Waals surface area contributed by atoms with Gasteiger partial charge in [-0.3, -0.25) is 9.78 Å².